The SMILES string of the molecule is CC(C)(C)NC(=O)C(c1cccnc1)N(C(=O)C1CCN(C(=O)CCl)C1)c1ccc(C(C)(C)C)cc1. The number of benzene rings is 1. The van der Waals surface area contributed by atoms with Crippen LogP contribution >= 0.6 is 11.6 Å². The van der Waals surface area contributed by atoms with Crippen molar-refractivity contribution in [3.8, 4) is 0 Å². The molecule has 7 nitrogen and oxygen atoms in total. The van der Waals surface area contributed by atoms with Gasteiger partial charge in [-0.25, -0.2) is 0 Å². The topological polar surface area (TPSA) is 82.6 Å². The van der Waals surface area contributed by atoms with E-state index in [1.165, 1.54) is 0 Å². The molecule has 2 unspecified atom stereocenters. The van der Waals surface area contributed by atoms with Gasteiger partial charge >= 0.3 is 0 Å². The number of nitrogens with one attached hydrogen (secondary N) is 1. The van der Waals surface area contributed by atoms with E-state index >= 15 is 0 Å². The number of pyridine rings is 1. The Morgan fingerprint density at radius 2 is 1.78 bits per heavy atom. The summed E-state index contributed by atoms with van der Waals surface area (Å²) >= 11 is 5.76. The largest absolute Gasteiger partial charge is 0.349 e. The zero-order valence-corrected chi connectivity index (χ0v) is 22.8. The van der Waals surface area contributed by atoms with Gasteiger partial charge in [0, 0.05) is 42.3 Å². The standard InChI is InChI=1S/C28H37ClN4O3/c1-27(2,3)21-9-11-22(12-10-21)33(26(36)20-13-15-32(18-20)23(34)16-29)24(19-8-7-14-30-17-19)25(35)31-28(4,5)6/h7-12,14,17,20,24H,13,15-16,18H2,1-6H3,(H,31,35). The van der Waals surface area contributed by atoms with Crippen LogP contribution in [0.5, 0.6) is 0 Å². The van der Waals surface area contributed by atoms with Crippen molar-refractivity contribution in [2.45, 2.75) is 65.0 Å². The Hall–Kier alpha value is -2.93. The molecule has 0 aliphatic carbocycles. The van der Waals surface area contributed by atoms with E-state index < -0.39 is 17.5 Å². The van der Waals surface area contributed by atoms with E-state index in [9.17, 15) is 14.4 Å². The molecule has 3 rings (SSSR count). The van der Waals surface area contributed by atoms with E-state index in [4.69, 9.17) is 11.6 Å². The Morgan fingerprint density at radius 3 is 2.31 bits per heavy atom. The number of alkyl halides is 1. The first-order chi connectivity index (χ1) is 16.8. The maximum Gasteiger partial charge on any atom is 0.248 e. The molecule has 0 radical (unpaired) electrons. The van der Waals surface area contributed by atoms with Crippen molar-refractivity contribution in [2.24, 2.45) is 5.92 Å². The number of carbonyl (C=O) groups excluding carboxylic acids is 3. The average Bonchev–Trinajstić information content (AvgIpc) is 3.31. The van der Waals surface area contributed by atoms with Gasteiger partial charge in [-0.2, -0.15) is 0 Å². The molecule has 1 fully saturated rings. The summed E-state index contributed by atoms with van der Waals surface area (Å²) in [4.78, 5) is 47.4. The molecule has 194 valence electrons. The predicted molar refractivity (Wildman–Crippen MR) is 143 cm³/mol. The molecule has 1 aliphatic rings. The normalized spacial score (nSPS) is 17.0. The maximum absolute atomic E-state index is 14.1. The molecule has 1 aromatic heterocycles. The van der Waals surface area contributed by atoms with Crippen molar-refractivity contribution >= 4 is 35.0 Å². The second-order valence-corrected chi connectivity index (χ2v) is 11.7. The van der Waals surface area contributed by atoms with E-state index in [-0.39, 0.29) is 35.6 Å². The van der Waals surface area contributed by atoms with E-state index in [1.807, 2.05) is 51.1 Å². The predicted octanol–water partition coefficient (Wildman–Crippen LogP) is 4.46. The summed E-state index contributed by atoms with van der Waals surface area (Å²) in [6.45, 7) is 12.8. The molecular formula is C28H37ClN4O3. The van der Waals surface area contributed by atoms with Crippen LogP contribution in [0.15, 0.2) is 48.8 Å². The number of likely N-dealkylation sites (tertiary alicyclic amines) is 1. The van der Waals surface area contributed by atoms with Crippen molar-refractivity contribution in [3.63, 3.8) is 0 Å². The van der Waals surface area contributed by atoms with Crippen LogP contribution in [0.4, 0.5) is 5.69 Å². The van der Waals surface area contributed by atoms with Gasteiger partial charge in [0.1, 0.15) is 11.9 Å². The molecule has 8 heteroatoms. The molecule has 1 aromatic carbocycles. The summed E-state index contributed by atoms with van der Waals surface area (Å²) in [6, 6.07) is 10.4. The molecule has 2 heterocycles. The fourth-order valence-electron chi connectivity index (χ4n) is 4.39. The number of nitrogens with zero attached hydrogens (tertiary/aromatic N) is 3. The highest BCUT2D eigenvalue weighted by Gasteiger charge is 2.40. The van der Waals surface area contributed by atoms with E-state index in [2.05, 4.69) is 31.1 Å². The van der Waals surface area contributed by atoms with Crippen LogP contribution in [-0.4, -0.2) is 52.1 Å². The fraction of sp³-hybridized carbons (Fsp3) is 0.500. The van der Waals surface area contributed by atoms with Crippen molar-refractivity contribution in [1.29, 1.82) is 0 Å². The van der Waals surface area contributed by atoms with Crippen molar-refractivity contribution < 1.29 is 14.4 Å². The Bertz CT molecular complexity index is 1070. The van der Waals surface area contributed by atoms with Crippen LogP contribution in [0.3, 0.4) is 0 Å². The first-order valence-electron chi connectivity index (χ1n) is 12.3. The Labute approximate surface area is 219 Å². The third-order valence-corrected chi connectivity index (χ3v) is 6.49. The number of hydrogen-bond acceptors (Lipinski definition) is 4. The second kappa shape index (κ2) is 11.0. The number of halogens is 1. The minimum absolute atomic E-state index is 0.0619. The lowest BCUT2D eigenvalue weighted by Gasteiger charge is -2.35. The lowest BCUT2D eigenvalue weighted by Crippen LogP contribution is -2.51. The Balaban J connectivity index is 2.09. The first-order valence-corrected chi connectivity index (χ1v) is 12.8. The monoisotopic (exact) mass is 512 g/mol. The maximum atomic E-state index is 14.1. The van der Waals surface area contributed by atoms with Crippen LogP contribution in [0, 0.1) is 5.92 Å². The highest BCUT2D eigenvalue weighted by molar-refractivity contribution is 6.27. The lowest BCUT2D eigenvalue weighted by molar-refractivity contribution is -0.130. The fourth-order valence-corrected chi connectivity index (χ4v) is 4.56. The zero-order valence-electron chi connectivity index (χ0n) is 22.0. The summed E-state index contributed by atoms with van der Waals surface area (Å²) < 4.78 is 0. The van der Waals surface area contributed by atoms with Crippen molar-refractivity contribution in [1.82, 2.24) is 15.2 Å². The molecule has 1 aliphatic heterocycles. The van der Waals surface area contributed by atoms with Gasteiger partial charge in [0.05, 0.1) is 5.92 Å². The number of amides is 3. The number of rotatable bonds is 6. The lowest BCUT2D eigenvalue weighted by atomic mass is 9.87. The van der Waals surface area contributed by atoms with E-state index in [1.54, 1.807) is 28.3 Å². The van der Waals surface area contributed by atoms with Gasteiger partial charge in [-0.05, 0) is 56.4 Å². The number of hydrogen-bond donors (Lipinski definition) is 1. The summed E-state index contributed by atoms with van der Waals surface area (Å²) in [5.41, 5.74) is 1.79. The van der Waals surface area contributed by atoms with Gasteiger partial charge < -0.3 is 10.2 Å². The second-order valence-electron chi connectivity index (χ2n) is 11.4. The molecule has 36 heavy (non-hydrogen) atoms. The van der Waals surface area contributed by atoms with Crippen LogP contribution in [0.1, 0.15) is 65.1 Å². The minimum atomic E-state index is -0.927. The van der Waals surface area contributed by atoms with Crippen LogP contribution in [0.25, 0.3) is 0 Å². The summed E-state index contributed by atoms with van der Waals surface area (Å²) in [7, 11) is 0. The number of carbonyl (C=O) groups is 3. The smallest absolute Gasteiger partial charge is 0.248 e. The average molecular weight is 513 g/mol. The van der Waals surface area contributed by atoms with Crippen LogP contribution < -0.4 is 10.2 Å². The Kier molecular flexibility index (Phi) is 8.44. The minimum Gasteiger partial charge on any atom is -0.349 e. The molecule has 1 N–H and O–H groups in total. The molecule has 3 amide bonds. The summed E-state index contributed by atoms with van der Waals surface area (Å²) in [5.74, 6) is -1.26. The number of aromatic nitrogens is 1. The van der Waals surface area contributed by atoms with Gasteiger partial charge in [0.2, 0.25) is 17.7 Å². The van der Waals surface area contributed by atoms with Crippen LogP contribution in [0.2, 0.25) is 0 Å². The summed E-state index contributed by atoms with van der Waals surface area (Å²) in [6.07, 6.45) is 3.77. The van der Waals surface area contributed by atoms with Gasteiger partial charge in [-0.3, -0.25) is 24.3 Å². The first kappa shape index (κ1) is 27.7. The van der Waals surface area contributed by atoms with E-state index in [0.717, 1.165) is 5.56 Å². The molecule has 0 bridgehead atoms. The molecule has 2 atom stereocenters. The quantitative estimate of drug-likeness (QED) is 0.579. The molecular weight excluding hydrogens is 476 g/mol. The van der Waals surface area contributed by atoms with Gasteiger partial charge in [-0.15, -0.1) is 11.6 Å². The molecule has 0 saturated carbocycles. The highest BCUT2D eigenvalue weighted by Crippen LogP contribution is 2.33. The van der Waals surface area contributed by atoms with Crippen LogP contribution in [-0.2, 0) is 19.8 Å². The number of anilines is 1. The summed E-state index contributed by atoms with van der Waals surface area (Å²) in [5, 5.41) is 3.04. The third-order valence-electron chi connectivity index (χ3n) is 6.26. The zero-order chi connectivity index (χ0) is 26.7. The van der Waals surface area contributed by atoms with Gasteiger partial charge in [-0.1, -0.05) is 39.0 Å². The van der Waals surface area contributed by atoms with Gasteiger partial charge in [0.15, 0.2) is 0 Å². The molecule has 1 saturated heterocycles. The van der Waals surface area contributed by atoms with Gasteiger partial charge in [0.25, 0.3) is 0 Å². The van der Waals surface area contributed by atoms with Crippen molar-refractivity contribution in [2.75, 3.05) is 23.9 Å². The molecule has 2 aromatic rings. The molecule has 0 spiro atoms. The highest BCUT2D eigenvalue weighted by atomic mass is 35.5. The third kappa shape index (κ3) is 6.64. The van der Waals surface area contributed by atoms with Crippen molar-refractivity contribution in [3.05, 3.63) is 59.9 Å². The Morgan fingerprint density at radius 1 is 1.11 bits per heavy atom. The van der Waals surface area contributed by atoms with E-state index in [0.29, 0.717) is 24.2 Å².